The van der Waals surface area contributed by atoms with Gasteiger partial charge in [0.2, 0.25) is 0 Å². The van der Waals surface area contributed by atoms with E-state index >= 15 is 0 Å². The maximum Gasteiger partial charge on any atom is 0.160 e. The second kappa shape index (κ2) is 6.34. The Labute approximate surface area is 133 Å². The van der Waals surface area contributed by atoms with E-state index in [1.165, 1.54) is 11.3 Å². The molecule has 0 aliphatic carbocycles. The van der Waals surface area contributed by atoms with Crippen molar-refractivity contribution in [3.8, 4) is 11.5 Å². The molecule has 2 aromatic carbocycles. The molecule has 4 nitrogen and oxygen atoms in total. The zero-order valence-corrected chi connectivity index (χ0v) is 13.3. The first-order valence-electron chi connectivity index (χ1n) is 6.95. The maximum absolute atomic E-state index is 10.4. The summed E-state index contributed by atoms with van der Waals surface area (Å²) in [4.78, 5) is 4.50. The fourth-order valence-corrected chi connectivity index (χ4v) is 3.30. The number of hydrogen-bond donors (Lipinski definition) is 1. The standard InChI is InChI=1S/C17H17NO3S/c1-20-14-8-7-11(10-15(14)21-2)9-13(19)17-18-12-5-3-4-6-16(12)22-17/h3-8,10,13,19H,9H2,1-2H3. The van der Waals surface area contributed by atoms with Crippen LogP contribution in [0.2, 0.25) is 0 Å². The SMILES string of the molecule is COc1ccc(CC(O)c2nc3ccccc3s2)cc1OC. The molecule has 0 aliphatic rings. The monoisotopic (exact) mass is 315 g/mol. The molecule has 0 amide bonds. The van der Waals surface area contributed by atoms with Gasteiger partial charge in [0.05, 0.1) is 24.4 Å². The molecule has 0 aliphatic heterocycles. The van der Waals surface area contributed by atoms with E-state index in [2.05, 4.69) is 4.98 Å². The highest BCUT2D eigenvalue weighted by Crippen LogP contribution is 2.31. The highest BCUT2D eigenvalue weighted by molar-refractivity contribution is 7.18. The number of fused-ring (bicyclic) bond motifs is 1. The van der Waals surface area contributed by atoms with Crippen molar-refractivity contribution in [2.45, 2.75) is 12.5 Å². The Hall–Kier alpha value is -2.11. The van der Waals surface area contributed by atoms with Crippen LogP contribution in [0.4, 0.5) is 0 Å². The fourth-order valence-electron chi connectivity index (χ4n) is 2.35. The summed E-state index contributed by atoms with van der Waals surface area (Å²) in [5, 5.41) is 11.2. The lowest BCUT2D eigenvalue weighted by Crippen LogP contribution is -2.02. The van der Waals surface area contributed by atoms with Crippen molar-refractivity contribution >= 4 is 21.6 Å². The van der Waals surface area contributed by atoms with Gasteiger partial charge in [-0.25, -0.2) is 4.98 Å². The average Bonchev–Trinajstić information content (AvgIpc) is 2.99. The third-order valence-electron chi connectivity index (χ3n) is 3.47. The number of methoxy groups -OCH3 is 2. The first kappa shape index (κ1) is 14.8. The molecule has 3 aromatic rings. The molecular formula is C17H17NO3S. The van der Waals surface area contributed by atoms with E-state index in [4.69, 9.17) is 9.47 Å². The number of benzene rings is 2. The third-order valence-corrected chi connectivity index (χ3v) is 4.61. The van der Waals surface area contributed by atoms with Crippen LogP contribution in [0.3, 0.4) is 0 Å². The normalized spacial score (nSPS) is 12.3. The van der Waals surface area contributed by atoms with Gasteiger partial charge in [-0.2, -0.15) is 0 Å². The second-order valence-electron chi connectivity index (χ2n) is 4.93. The van der Waals surface area contributed by atoms with Gasteiger partial charge in [0, 0.05) is 6.42 Å². The van der Waals surface area contributed by atoms with Crippen molar-refractivity contribution in [3.63, 3.8) is 0 Å². The molecule has 1 N–H and O–H groups in total. The second-order valence-corrected chi connectivity index (χ2v) is 5.99. The van der Waals surface area contributed by atoms with Crippen LogP contribution in [-0.2, 0) is 6.42 Å². The van der Waals surface area contributed by atoms with E-state index < -0.39 is 6.10 Å². The molecular weight excluding hydrogens is 298 g/mol. The minimum atomic E-state index is -0.629. The Morgan fingerprint density at radius 3 is 2.59 bits per heavy atom. The summed E-state index contributed by atoms with van der Waals surface area (Å²) in [6.45, 7) is 0. The molecule has 5 heteroatoms. The first-order chi connectivity index (χ1) is 10.7. The van der Waals surface area contributed by atoms with E-state index in [-0.39, 0.29) is 0 Å². The number of rotatable bonds is 5. The van der Waals surface area contributed by atoms with Gasteiger partial charge in [-0.1, -0.05) is 18.2 Å². The Morgan fingerprint density at radius 1 is 1.09 bits per heavy atom. The number of para-hydroxylation sites is 1. The molecule has 114 valence electrons. The van der Waals surface area contributed by atoms with Crippen LogP contribution < -0.4 is 9.47 Å². The molecule has 1 aromatic heterocycles. The van der Waals surface area contributed by atoms with Gasteiger partial charge < -0.3 is 14.6 Å². The summed E-state index contributed by atoms with van der Waals surface area (Å²) in [5.41, 5.74) is 1.90. The Morgan fingerprint density at radius 2 is 1.86 bits per heavy atom. The van der Waals surface area contributed by atoms with Crippen LogP contribution >= 0.6 is 11.3 Å². The van der Waals surface area contributed by atoms with Gasteiger partial charge in [-0.15, -0.1) is 11.3 Å². The summed E-state index contributed by atoms with van der Waals surface area (Å²) >= 11 is 1.53. The lowest BCUT2D eigenvalue weighted by molar-refractivity contribution is 0.178. The molecule has 0 spiro atoms. The number of aromatic nitrogens is 1. The summed E-state index contributed by atoms with van der Waals surface area (Å²) < 4.78 is 11.6. The molecule has 0 fully saturated rings. The minimum absolute atomic E-state index is 0.486. The van der Waals surface area contributed by atoms with Gasteiger partial charge in [0.1, 0.15) is 11.1 Å². The predicted octanol–water partition coefficient (Wildman–Crippen LogP) is 3.59. The molecule has 22 heavy (non-hydrogen) atoms. The lowest BCUT2D eigenvalue weighted by atomic mass is 10.1. The number of aliphatic hydroxyl groups is 1. The van der Waals surface area contributed by atoms with Gasteiger partial charge in [-0.3, -0.25) is 0 Å². The quantitative estimate of drug-likeness (QED) is 0.782. The van der Waals surface area contributed by atoms with E-state index in [0.29, 0.717) is 17.9 Å². The van der Waals surface area contributed by atoms with Crippen LogP contribution in [0.25, 0.3) is 10.2 Å². The van der Waals surface area contributed by atoms with Crippen LogP contribution in [0, 0.1) is 0 Å². The zero-order valence-electron chi connectivity index (χ0n) is 12.4. The smallest absolute Gasteiger partial charge is 0.160 e. The van der Waals surface area contributed by atoms with Crippen molar-refractivity contribution in [3.05, 3.63) is 53.0 Å². The average molecular weight is 315 g/mol. The Bertz CT molecular complexity index is 751. The van der Waals surface area contributed by atoms with Gasteiger partial charge in [-0.05, 0) is 29.8 Å². The van der Waals surface area contributed by atoms with E-state index in [9.17, 15) is 5.11 Å². The van der Waals surface area contributed by atoms with Crippen LogP contribution in [0.15, 0.2) is 42.5 Å². The van der Waals surface area contributed by atoms with E-state index in [1.54, 1.807) is 14.2 Å². The zero-order chi connectivity index (χ0) is 15.5. The van der Waals surface area contributed by atoms with Crippen LogP contribution in [0.5, 0.6) is 11.5 Å². The van der Waals surface area contributed by atoms with Crippen molar-refractivity contribution in [1.29, 1.82) is 0 Å². The Kier molecular flexibility index (Phi) is 4.27. The molecule has 1 heterocycles. The lowest BCUT2D eigenvalue weighted by Gasteiger charge is -2.11. The summed E-state index contributed by atoms with van der Waals surface area (Å²) in [6.07, 6.45) is -0.143. The minimum Gasteiger partial charge on any atom is -0.493 e. The molecule has 3 rings (SSSR count). The van der Waals surface area contributed by atoms with Crippen molar-refractivity contribution in [2.24, 2.45) is 0 Å². The number of nitrogens with zero attached hydrogens (tertiary/aromatic N) is 1. The van der Waals surface area contributed by atoms with Crippen molar-refractivity contribution < 1.29 is 14.6 Å². The molecule has 0 saturated heterocycles. The topological polar surface area (TPSA) is 51.6 Å². The fraction of sp³-hybridized carbons (Fsp3) is 0.235. The van der Waals surface area contributed by atoms with Gasteiger partial charge >= 0.3 is 0 Å². The number of aliphatic hydroxyl groups excluding tert-OH is 1. The highest BCUT2D eigenvalue weighted by Gasteiger charge is 2.15. The molecule has 0 radical (unpaired) electrons. The van der Waals surface area contributed by atoms with Gasteiger partial charge in [0.15, 0.2) is 11.5 Å². The summed E-state index contributed by atoms with van der Waals surface area (Å²) in [5.74, 6) is 1.34. The summed E-state index contributed by atoms with van der Waals surface area (Å²) in [6, 6.07) is 13.6. The predicted molar refractivity (Wildman–Crippen MR) is 87.8 cm³/mol. The van der Waals surface area contributed by atoms with E-state index in [1.807, 2.05) is 42.5 Å². The van der Waals surface area contributed by atoms with Gasteiger partial charge in [0.25, 0.3) is 0 Å². The van der Waals surface area contributed by atoms with E-state index in [0.717, 1.165) is 20.8 Å². The first-order valence-corrected chi connectivity index (χ1v) is 7.77. The van der Waals surface area contributed by atoms with Crippen LogP contribution in [0.1, 0.15) is 16.7 Å². The number of hydrogen-bond acceptors (Lipinski definition) is 5. The maximum atomic E-state index is 10.4. The largest absolute Gasteiger partial charge is 0.493 e. The number of ether oxygens (including phenoxy) is 2. The molecule has 0 bridgehead atoms. The highest BCUT2D eigenvalue weighted by atomic mass is 32.1. The number of thiazole rings is 1. The summed E-state index contributed by atoms with van der Waals surface area (Å²) in [7, 11) is 3.21. The van der Waals surface area contributed by atoms with Crippen molar-refractivity contribution in [2.75, 3.05) is 14.2 Å². The molecule has 1 unspecified atom stereocenters. The Balaban J connectivity index is 1.82. The van der Waals surface area contributed by atoms with Crippen molar-refractivity contribution in [1.82, 2.24) is 4.98 Å². The molecule has 0 saturated carbocycles. The van der Waals surface area contributed by atoms with Crippen LogP contribution in [-0.4, -0.2) is 24.3 Å². The third kappa shape index (κ3) is 2.91. The molecule has 1 atom stereocenters.